The molecule has 3 rings (SSSR count). The third-order valence-electron chi connectivity index (χ3n) is 5.04. The fourth-order valence-corrected chi connectivity index (χ4v) is 3.20. The summed E-state index contributed by atoms with van der Waals surface area (Å²) in [4.78, 5) is 24.9. The van der Waals surface area contributed by atoms with E-state index in [0.29, 0.717) is 11.4 Å². The first-order chi connectivity index (χ1) is 14.9. The predicted molar refractivity (Wildman–Crippen MR) is 125 cm³/mol. The number of aryl methyl sites for hydroxylation is 1. The lowest BCUT2D eigenvalue weighted by molar-refractivity contribution is 0.248. The number of carbonyl (C=O) groups is 2. The van der Waals surface area contributed by atoms with Crippen molar-refractivity contribution in [3.05, 3.63) is 95.6 Å². The minimum atomic E-state index is -0.312. The normalized spacial score (nSPS) is 12.4. The van der Waals surface area contributed by atoms with Gasteiger partial charge >= 0.3 is 12.1 Å². The van der Waals surface area contributed by atoms with E-state index in [0.717, 1.165) is 16.7 Å². The van der Waals surface area contributed by atoms with Gasteiger partial charge in [-0.15, -0.1) is 0 Å². The van der Waals surface area contributed by atoms with Crippen LogP contribution in [0.1, 0.15) is 42.6 Å². The molecule has 2 atom stereocenters. The maximum absolute atomic E-state index is 12.5. The van der Waals surface area contributed by atoms with Crippen LogP contribution in [-0.2, 0) is 0 Å². The molecule has 0 spiro atoms. The average Bonchev–Trinajstić information content (AvgIpc) is 2.77. The van der Waals surface area contributed by atoms with Gasteiger partial charge in [-0.25, -0.2) is 9.59 Å². The van der Waals surface area contributed by atoms with Crippen molar-refractivity contribution >= 4 is 23.4 Å². The number of rotatable bonds is 6. The van der Waals surface area contributed by atoms with Crippen LogP contribution < -0.4 is 21.3 Å². The highest BCUT2D eigenvalue weighted by atomic mass is 16.2. The molecule has 6 nitrogen and oxygen atoms in total. The molecule has 0 aromatic heterocycles. The Kier molecular flexibility index (Phi) is 7.27. The number of amides is 4. The van der Waals surface area contributed by atoms with E-state index in [1.54, 1.807) is 12.1 Å². The Balaban J connectivity index is 1.59. The van der Waals surface area contributed by atoms with Crippen LogP contribution in [0.15, 0.2) is 78.9 Å². The third-order valence-corrected chi connectivity index (χ3v) is 5.04. The molecule has 160 valence electrons. The summed E-state index contributed by atoms with van der Waals surface area (Å²) in [6.07, 6.45) is 0. The molecule has 0 saturated carbocycles. The van der Waals surface area contributed by atoms with Gasteiger partial charge in [-0.05, 0) is 49.6 Å². The largest absolute Gasteiger partial charge is 0.331 e. The van der Waals surface area contributed by atoms with Crippen molar-refractivity contribution in [1.82, 2.24) is 10.6 Å². The van der Waals surface area contributed by atoms with E-state index in [1.807, 2.05) is 87.5 Å². The van der Waals surface area contributed by atoms with Crippen molar-refractivity contribution in [1.29, 1.82) is 0 Å². The zero-order chi connectivity index (χ0) is 22.2. The molecule has 31 heavy (non-hydrogen) atoms. The fraction of sp³-hybridized carbons (Fsp3) is 0.200. The first-order valence-corrected chi connectivity index (χ1v) is 10.3. The van der Waals surface area contributed by atoms with Crippen LogP contribution >= 0.6 is 0 Å². The first kappa shape index (κ1) is 21.9. The second-order valence-corrected chi connectivity index (χ2v) is 7.49. The number of benzene rings is 3. The third kappa shape index (κ3) is 6.34. The molecule has 2 unspecified atom stereocenters. The molecule has 4 N–H and O–H groups in total. The molecule has 0 bridgehead atoms. The van der Waals surface area contributed by atoms with Gasteiger partial charge in [0, 0.05) is 11.4 Å². The number of hydrogen-bond donors (Lipinski definition) is 4. The predicted octanol–water partition coefficient (Wildman–Crippen LogP) is 5.76. The van der Waals surface area contributed by atoms with E-state index in [1.165, 1.54) is 0 Å². The summed E-state index contributed by atoms with van der Waals surface area (Å²) in [7, 11) is 0. The van der Waals surface area contributed by atoms with Gasteiger partial charge in [0.05, 0.1) is 12.1 Å². The van der Waals surface area contributed by atoms with Gasteiger partial charge in [0.15, 0.2) is 0 Å². The van der Waals surface area contributed by atoms with E-state index in [9.17, 15) is 9.59 Å². The molecule has 4 amide bonds. The van der Waals surface area contributed by atoms with Crippen LogP contribution in [0, 0.1) is 6.92 Å². The smallest absolute Gasteiger partial charge is 0.319 e. The summed E-state index contributed by atoms with van der Waals surface area (Å²) in [6, 6.07) is 24.0. The lowest BCUT2D eigenvalue weighted by Gasteiger charge is -2.17. The molecule has 3 aromatic carbocycles. The van der Waals surface area contributed by atoms with Crippen molar-refractivity contribution in [2.75, 3.05) is 10.6 Å². The van der Waals surface area contributed by atoms with Gasteiger partial charge in [-0.1, -0.05) is 66.7 Å². The zero-order valence-corrected chi connectivity index (χ0v) is 18.0. The maximum Gasteiger partial charge on any atom is 0.319 e. The number of nitrogens with one attached hydrogen (secondary N) is 4. The van der Waals surface area contributed by atoms with Gasteiger partial charge in [0.25, 0.3) is 0 Å². The molecule has 0 radical (unpaired) electrons. The molecule has 3 aromatic rings. The summed E-state index contributed by atoms with van der Waals surface area (Å²) in [5.41, 5.74) is 4.16. The van der Waals surface area contributed by atoms with Crippen LogP contribution in [0.3, 0.4) is 0 Å². The van der Waals surface area contributed by atoms with E-state index < -0.39 is 0 Å². The van der Waals surface area contributed by atoms with Gasteiger partial charge in [-0.2, -0.15) is 0 Å². The Bertz CT molecular complexity index is 1020. The highest BCUT2D eigenvalue weighted by Gasteiger charge is 2.12. The van der Waals surface area contributed by atoms with Gasteiger partial charge in [0.1, 0.15) is 0 Å². The molecule has 0 heterocycles. The quantitative estimate of drug-likeness (QED) is 0.412. The van der Waals surface area contributed by atoms with Crippen LogP contribution in [0.2, 0.25) is 0 Å². The average molecular weight is 417 g/mol. The van der Waals surface area contributed by atoms with E-state index in [-0.39, 0.29) is 24.1 Å². The number of anilines is 2. The molecular weight excluding hydrogens is 388 g/mol. The van der Waals surface area contributed by atoms with Crippen molar-refractivity contribution < 1.29 is 9.59 Å². The lowest BCUT2D eigenvalue weighted by Crippen LogP contribution is -2.32. The maximum atomic E-state index is 12.5. The summed E-state index contributed by atoms with van der Waals surface area (Å²) in [5, 5.41) is 11.5. The summed E-state index contributed by atoms with van der Waals surface area (Å²) in [5.74, 6) is 0. The van der Waals surface area contributed by atoms with Gasteiger partial charge in [0.2, 0.25) is 0 Å². The summed E-state index contributed by atoms with van der Waals surface area (Å²) >= 11 is 0. The Labute approximate surface area is 183 Å². The lowest BCUT2D eigenvalue weighted by atomic mass is 10.1. The highest BCUT2D eigenvalue weighted by molar-refractivity contribution is 5.93. The van der Waals surface area contributed by atoms with Crippen molar-refractivity contribution in [2.45, 2.75) is 32.9 Å². The molecular formula is C25H28N4O2. The molecule has 0 aliphatic carbocycles. The van der Waals surface area contributed by atoms with Crippen LogP contribution in [0.5, 0.6) is 0 Å². The zero-order valence-electron chi connectivity index (χ0n) is 18.0. The van der Waals surface area contributed by atoms with Crippen molar-refractivity contribution in [3.63, 3.8) is 0 Å². The monoisotopic (exact) mass is 416 g/mol. The van der Waals surface area contributed by atoms with Crippen molar-refractivity contribution in [2.24, 2.45) is 0 Å². The highest BCUT2D eigenvalue weighted by Crippen LogP contribution is 2.21. The van der Waals surface area contributed by atoms with E-state index >= 15 is 0 Å². The Hall–Kier alpha value is -3.80. The van der Waals surface area contributed by atoms with Crippen LogP contribution in [0.25, 0.3) is 0 Å². The number of urea groups is 2. The standard InChI is InChI=1S/C25H28N4O2/c1-17-14-15-22(28-24(30)26-18(2)20-10-6-4-7-11-20)16-23(17)29-25(31)27-19(3)21-12-8-5-9-13-21/h4-16,18-19H,1-3H3,(H2,26,28,30)(H2,27,29,31). The van der Waals surface area contributed by atoms with Gasteiger partial charge < -0.3 is 21.3 Å². The molecule has 0 saturated heterocycles. The fourth-order valence-electron chi connectivity index (χ4n) is 3.20. The van der Waals surface area contributed by atoms with Crippen LogP contribution in [0.4, 0.5) is 21.0 Å². The second kappa shape index (κ2) is 10.3. The topological polar surface area (TPSA) is 82.3 Å². The summed E-state index contributed by atoms with van der Waals surface area (Å²) in [6.45, 7) is 5.75. The molecule has 0 aliphatic rings. The first-order valence-electron chi connectivity index (χ1n) is 10.3. The Morgan fingerprint density at radius 2 is 1.16 bits per heavy atom. The minimum absolute atomic E-state index is 0.130. The second-order valence-electron chi connectivity index (χ2n) is 7.49. The summed E-state index contributed by atoms with van der Waals surface area (Å²) < 4.78 is 0. The molecule has 0 fully saturated rings. The number of carbonyl (C=O) groups excluding carboxylic acids is 2. The Morgan fingerprint density at radius 3 is 1.68 bits per heavy atom. The minimum Gasteiger partial charge on any atom is -0.331 e. The molecule has 0 aliphatic heterocycles. The SMILES string of the molecule is Cc1ccc(NC(=O)NC(C)c2ccccc2)cc1NC(=O)NC(C)c1ccccc1. The molecule has 6 heteroatoms. The van der Waals surface area contributed by atoms with E-state index in [4.69, 9.17) is 0 Å². The van der Waals surface area contributed by atoms with Crippen molar-refractivity contribution in [3.8, 4) is 0 Å². The number of hydrogen-bond acceptors (Lipinski definition) is 2. The van der Waals surface area contributed by atoms with Crippen LogP contribution in [-0.4, -0.2) is 12.1 Å². The van der Waals surface area contributed by atoms with Gasteiger partial charge in [-0.3, -0.25) is 0 Å². The van der Waals surface area contributed by atoms with E-state index in [2.05, 4.69) is 21.3 Å². The Morgan fingerprint density at radius 1 is 0.677 bits per heavy atom.